The van der Waals surface area contributed by atoms with Crippen molar-refractivity contribution in [2.24, 2.45) is 0 Å². The normalized spacial score (nSPS) is 10.8. The fourth-order valence-electron chi connectivity index (χ4n) is 2.07. The maximum absolute atomic E-state index is 4.23. The Kier molecular flexibility index (Phi) is 4.53. The van der Waals surface area contributed by atoms with Crippen molar-refractivity contribution in [3.05, 3.63) is 53.6 Å². The fraction of sp³-hybridized carbons (Fsp3) is 0.400. The van der Waals surface area contributed by atoms with Gasteiger partial charge in [-0.3, -0.25) is 0 Å². The molecule has 0 aliphatic heterocycles. The Morgan fingerprint density at radius 1 is 1.33 bits per heavy atom. The highest BCUT2D eigenvalue weighted by Crippen LogP contribution is 2.07. The molecule has 3 nitrogen and oxygen atoms in total. The molecule has 1 N–H and O–H groups in total. The van der Waals surface area contributed by atoms with Crippen molar-refractivity contribution in [1.82, 2.24) is 14.9 Å². The molecule has 0 spiro atoms. The first-order chi connectivity index (χ1) is 8.79. The van der Waals surface area contributed by atoms with Crippen LogP contribution in [0.5, 0.6) is 0 Å². The van der Waals surface area contributed by atoms with Crippen molar-refractivity contribution < 1.29 is 0 Å². The van der Waals surface area contributed by atoms with Crippen molar-refractivity contribution in [2.45, 2.75) is 33.4 Å². The van der Waals surface area contributed by atoms with E-state index in [1.54, 1.807) is 0 Å². The van der Waals surface area contributed by atoms with Crippen LogP contribution in [0.2, 0.25) is 0 Å². The molecule has 0 radical (unpaired) electrons. The van der Waals surface area contributed by atoms with E-state index >= 15 is 0 Å². The molecule has 0 bridgehead atoms. The number of nitrogens with zero attached hydrogens (tertiary/aromatic N) is 2. The number of benzene rings is 1. The SMILES string of the molecule is CCNCc1cncn1CCc1cccc(C)c1. The molecule has 1 aromatic heterocycles. The Morgan fingerprint density at radius 3 is 3.00 bits per heavy atom. The molecule has 2 aromatic rings. The lowest BCUT2D eigenvalue weighted by atomic mass is 10.1. The van der Waals surface area contributed by atoms with Gasteiger partial charge in [-0.25, -0.2) is 4.98 Å². The second kappa shape index (κ2) is 6.36. The quantitative estimate of drug-likeness (QED) is 0.845. The van der Waals surface area contributed by atoms with Gasteiger partial charge in [-0.05, 0) is 25.5 Å². The summed E-state index contributed by atoms with van der Waals surface area (Å²) < 4.78 is 2.23. The lowest BCUT2D eigenvalue weighted by Gasteiger charge is -2.09. The van der Waals surface area contributed by atoms with Gasteiger partial charge in [0, 0.05) is 19.3 Å². The average molecular weight is 243 g/mol. The Morgan fingerprint density at radius 2 is 2.22 bits per heavy atom. The first kappa shape index (κ1) is 12.8. The molecule has 0 fully saturated rings. The molecule has 0 amide bonds. The smallest absolute Gasteiger partial charge is 0.0948 e. The number of rotatable bonds is 6. The highest BCUT2D eigenvalue weighted by molar-refractivity contribution is 5.22. The molecule has 0 saturated carbocycles. The molecular formula is C15H21N3. The van der Waals surface area contributed by atoms with E-state index in [0.29, 0.717) is 0 Å². The first-order valence-electron chi connectivity index (χ1n) is 6.55. The van der Waals surface area contributed by atoms with E-state index in [1.165, 1.54) is 16.8 Å². The standard InChI is InChI=1S/C15H21N3/c1-3-16-10-15-11-17-12-18(15)8-7-14-6-4-5-13(2)9-14/h4-6,9,11-12,16H,3,7-8,10H2,1-2H3. The van der Waals surface area contributed by atoms with Crippen molar-refractivity contribution in [3.8, 4) is 0 Å². The highest BCUT2D eigenvalue weighted by atomic mass is 15.1. The minimum absolute atomic E-state index is 0.893. The molecule has 3 heteroatoms. The molecule has 0 aliphatic carbocycles. The van der Waals surface area contributed by atoms with Crippen molar-refractivity contribution in [1.29, 1.82) is 0 Å². The molecule has 1 aromatic carbocycles. The minimum Gasteiger partial charge on any atom is -0.333 e. The summed E-state index contributed by atoms with van der Waals surface area (Å²) in [4.78, 5) is 4.23. The van der Waals surface area contributed by atoms with Crippen LogP contribution < -0.4 is 5.32 Å². The zero-order valence-electron chi connectivity index (χ0n) is 11.2. The Hall–Kier alpha value is -1.61. The number of aryl methyl sites for hydroxylation is 3. The van der Waals surface area contributed by atoms with Gasteiger partial charge in [-0.15, -0.1) is 0 Å². The number of nitrogens with one attached hydrogen (secondary N) is 1. The monoisotopic (exact) mass is 243 g/mol. The van der Waals surface area contributed by atoms with E-state index in [-0.39, 0.29) is 0 Å². The van der Waals surface area contributed by atoms with E-state index in [9.17, 15) is 0 Å². The highest BCUT2D eigenvalue weighted by Gasteiger charge is 2.01. The van der Waals surface area contributed by atoms with Crippen molar-refractivity contribution in [3.63, 3.8) is 0 Å². The molecule has 0 atom stereocenters. The van der Waals surface area contributed by atoms with E-state index in [2.05, 4.69) is 53.0 Å². The van der Waals surface area contributed by atoms with E-state index in [4.69, 9.17) is 0 Å². The van der Waals surface area contributed by atoms with Gasteiger partial charge in [0.15, 0.2) is 0 Å². The summed E-state index contributed by atoms with van der Waals surface area (Å²) >= 11 is 0. The number of aromatic nitrogens is 2. The number of hydrogen-bond acceptors (Lipinski definition) is 2. The van der Waals surface area contributed by atoms with Gasteiger partial charge in [-0.1, -0.05) is 36.8 Å². The van der Waals surface area contributed by atoms with Crippen LogP contribution in [0.4, 0.5) is 0 Å². The largest absolute Gasteiger partial charge is 0.333 e. The number of hydrogen-bond donors (Lipinski definition) is 1. The summed E-state index contributed by atoms with van der Waals surface area (Å²) in [6.45, 7) is 7.13. The lowest BCUT2D eigenvalue weighted by molar-refractivity contribution is 0.619. The Balaban J connectivity index is 1.95. The van der Waals surface area contributed by atoms with Crippen molar-refractivity contribution in [2.75, 3.05) is 6.54 Å². The van der Waals surface area contributed by atoms with Crippen LogP contribution in [-0.2, 0) is 19.5 Å². The molecular weight excluding hydrogens is 222 g/mol. The van der Waals surface area contributed by atoms with Crippen LogP contribution in [0.1, 0.15) is 23.7 Å². The summed E-state index contributed by atoms with van der Waals surface area (Å²) in [6.07, 6.45) is 4.92. The minimum atomic E-state index is 0.893. The molecule has 0 aliphatic rings. The maximum atomic E-state index is 4.23. The van der Waals surface area contributed by atoms with E-state index < -0.39 is 0 Å². The van der Waals surface area contributed by atoms with Crippen LogP contribution in [0.25, 0.3) is 0 Å². The summed E-state index contributed by atoms with van der Waals surface area (Å²) in [6, 6.07) is 8.70. The van der Waals surface area contributed by atoms with E-state index in [0.717, 1.165) is 26.1 Å². The topological polar surface area (TPSA) is 29.9 Å². The Labute approximate surface area is 109 Å². The van der Waals surface area contributed by atoms with Gasteiger partial charge in [0.2, 0.25) is 0 Å². The molecule has 96 valence electrons. The zero-order valence-corrected chi connectivity index (χ0v) is 11.2. The van der Waals surface area contributed by atoms with Gasteiger partial charge >= 0.3 is 0 Å². The third-order valence-electron chi connectivity index (χ3n) is 3.08. The third kappa shape index (κ3) is 3.44. The van der Waals surface area contributed by atoms with Crippen LogP contribution in [-0.4, -0.2) is 16.1 Å². The lowest BCUT2D eigenvalue weighted by Crippen LogP contribution is -2.15. The summed E-state index contributed by atoms with van der Waals surface area (Å²) in [5, 5.41) is 3.34. The fourth-order valence-corrected chi connectivity index (χ4v) is 2.07. The van der Waals surface area contributed by atoms with Gasteiger partial charge in [0.05, 0.1) is 12.0 Å². The number of imidazole rings is 1. The van der Waals surface area contributed by atoms with Crippen LogP contribution in [0.3, 0.4) is 0 Å². The summed E-state index contributed by atoms with van der Waals surface area (Å²) in [7, 11) is 0. The molecule has 1 heterocycles. The summed E-state index contributed by atoms with van der Waals surface area (Å²) in [5.74, 6) is 0. The predicted molar refractivity (Wildman–Crippen MR) is 74.5 cm³/mol. The molecule has 2 rings (SSSR count). The average Bonchev–Trinajstić information content (AvgIpc) is 2.81. The second-order valence-corrected chi connectivity index (χ2v) is 4.60. The van der Waals surface area contributed by atoms with Crippen LogP contribution >= 0.6 is 0 Å². The summed E-state index contributed by atoms with van der Waals surface area (Å²) in [5.41, 5.74) is 3.97. The molecule has 0 unspecified atom stereocenters. The zero-order chi connectivity index (χ0) is 12.8. The molecule has 0 saturated heterocycles. The van der Waals surface area contributed by atoms with Crippen LogP contribution in [0, 0.1) is 6.92 Å². The predicted octanol–water partition coefficient (Wildman–Crippen LogP) is 2.54. The van der Waals surface area contributed by atoms with Gasteiger partial charge in [-0.2, -0.15) is 0 Å². The van der Waals surface area contributed by atoms with Gasteiger partial charge in [0.1, 0.15) is 0 Å². The van der Waals surface area contributed by atoms with E-state index in [1.807, 2.05) is 12.5 Å². The first-order valence-corrected chi connectivity index (χ1v) is 6.55. The van der Waals surface area contributed by atoms with Crippen LogP contribution in [0.15, 0.2) is 36.8 Å². The maximum Gasteiger partial charge on any atom is 0.0948 e. The Bertz CT molecular complexity index is 488. The second-order valence-electron chi connectivity index (χ2n) is 4.60. The van der Waals surface area contributed by atoms with Crippen molar-refractivity contribution >= 4 is 0 Å². The molecule has 18 heavy (non-hydrogen) atoms. The third-order valence-corrected chi connectivity index (χ3v) is 3.08. The van der Waals surface area contributed by atoms with Gasteiger partial charge < -0.3 is 9.88 Å². The van der Waals surface area contributed by atoms with Gasteiger partial charge in [0.25, 0.3) is 0 Å².